The van der Waals surface area contributed by atoms with Gasteiger partial charge in [-0.3, -0.25) is 0 Å². The van der Waals surface area contributed by atoms with Crippen LogP contribution < -0.4 is 0 Å². The number of aromatic nitrogens is 3. The summed E-state index contributed by atoms with van der Waals surface area (Å²) >= 11 is 5.98. The van der Waals surface area contributed by atoms with Crippen molar-refractivity contribution in [3.63, 3.8) is 0 Å². The van der Waals surface area contributed by atoms with E-state index in [1.165, 1.54) is 0 Å². The van der Waals surface area contributed by atoms with Crippen LogP contribution in [-0.2, 0) is 0 Å². The molecule has 0 aliphatic carbocycles. The molecule has 5 aromatic rings. The van der Waals surface area contributed by atoms with E-state index in [2.05, 4.69) is 12.1 Å². The van der Waals surface area contributed by atoms with E-state index >= 15 is 0 Å². The lowest BCUT2D eigenvalue weighted by molar-refractivity contribution is 0.926. The number of hydrogen-bond donors (Lipinski definition) is 0. The Kier molecular flexibility index (Phi) is 4.11. The lowest BCUT2D eigenvalue weighted by Crippen LogP contribution is -1.96. The van der Waals surface area contributed by atoms with Gasteiger partial charge in [-0.2, -0.15) is 5.10 Å². The number of halogens is 1. The molecule has 0 aliphatic heterocycles. The summed E-state index contributed by atoms with van der Waals surface area (Å²) < 4.78 is 1.85. The van der Waals surface area contributed by atoms with Crippen molar-refractivity contribution in [2.24, 2.45) is 5.10 Å². The molecule has 0 unspecified atom stereocenters. The number of para-hydroxylation sites is 2. The van der Waals surface area contributed by atoms with Crippen LogP contribution in [-0.4, -0.2) is 20.9 Å². The lowest BCUT2D eigenvalue weighted by Gasteiger charge is -2.05. The van der Waals surface area contributed by atoms with Gasteiger partial charge in [-0.1, -0.05) is 66.2 Å². The summed E-state index contributed by atoms with van der Waals surface area (Å²) in [5.74, 6) is 0. The van der Waals surface area contributed by atoms with E-state index in [4.69, 9.17) is 26.7 Å². The van der Waals surface area contributed by atoms with Crippen molar-refractivity contribution in [2.45, 2.75) is 0 Å². The van der Waals surface area contributed by atoms with Gasteiger partial charge in [0.2, 0.25) is 0 Å². The van der Waals surface area contributed by atoms with Crippen LogP contribution in [0.3, 0.4) is 0 Å². The molecule has 4 nitrogen and oxygen atoms in total. The molecule has 0 bridgehead atoms. The summed E-state index contributed by atoms with van der Waals surface area (Å²) in [6, 6.07) is 27.6. The number of nitrogens with zero attached hydrogens (tertiary/aromatic N) is 4. The zero-order chi connectivity index (χ0) is 18.9. The molecule has 0 fully saturated rings. The first-order valence-corrected chi connectivity index (χ1v) is 9.29. The molecule has 0 saturated carbocycles. The van der Waals surface area contributed by atoms with Crippen LogP contribution in [0.15, 0.2) is 90.0 Å². The van der Waals surface area contributed by atoms with Crippen molar-refractivity contribution in [1.29, 1.82) is 0 Å². The van der Waals surface area contributed by atoms with Gasteiger partial charge in [0.15, 0.2) is 5.65 Å². The van der Waals surface area contributed by atoms with Gasteiger partial charge in [-0.15, -0.1) is 0 Å². The fourth-order valence-corrected chi connectivity index (χ4v) is 3.29. The molecule has 0 radical (unpaired) electrons. The quantitative estimate of drug-likeness (QED) is 0.371. The van der Waals surface area contributed by atoms with Crippen LogP contribution in [0.2, 0.25) is 5.02 Å². The minimum absolute atomic E-state index is 0.700. The first-order chi connectivity index (χ1) is 13.8. The van der Waals surface area contributed by atoms with E-state index in [-0.39, 0.29) is 0 Å². The molecular formula is C23H15ClN4. The van der Waals surface area contributed by atoms with Crippen molar-refractivity contribution in [3.05, 3.63) is 95.5 Å². The summed E-state index contributed by atoms with van der Waals surface area (Å²) in [7, 11) is 0. The predicted molar refractivity (Wildman–Crippen MR) is 115 cm³/mol. The maximum atomic E-state index is 5.98. The van der Waals surface area contributed by atoms with Gasteiger partial charge < -0.3 is 0 Å². The third-order valence-corrected chi connectivity index (χ3v) is 4.79. The van der Waals surface area contributed by atoms with Crippen molar-refractivity contribution >= 4 is 40.0 Å². The van der Waals surface area contributed by atoms with Crippen LogP contribution in [0, 0.1) is 0 Å². The molecule has 28 heavy (non-hydrogen) atoms. The third-order valence-electron chi connectivity index (χ3n) is 4.54. The van der Waals surface area contributed by atoms with Crippen LogP contribution in [0.4, 0.5) is 0 Å². The second kappa shape index (κ2) is 6.91. The SMILES string of the molecule is Clc1ccc(/C=N/n2c(-c3ccccc3)cc3nc4ccccc4nc32)cc1. The van der Waals surface area contributed by atoms with Gasteiger partial charge in [0.25, 0.3) is 0 Å². The lowest BCUT2D eigenvalue weighted by atomic mass is 10.1. The highest BCUT2D eigenvalue weighted by Crippen LogP contribution is 2.27. The first kappa shape index (κ1) is 16.7. The number of fused-ring (bicyclic) bond motifs is 2. The van der Waals surface area contributed by atoms with Crippen molar-refractivity contribution in [3.8, 4) is 11.3 Å². The number of benzene rings is 3. The molecule has 5 heteroatoms. The molecule has 0 N–H and O–H groups in total. The minimum Gasteiger partial charge on any atom is -0.243 e. The maximum Gasteiger partial charge on any atom is 0.180 e. The Morgan fingerprint density at radius 1 is 0.750 bits per heavy atom. The molecule has 2 aromatic heterocycles. The highest BCUT2D eigenvalue weighted by molar-refractivity contribution is 6.30. The summed E-state index contributed by atoms with van der Waals surface area (Å²) in [4.78, 5) is 9.59. The Morgan fingerprint density at radius 2 is 1.43 bits per heavy atom. The van der Waals surface area contributed by atoms with Crippen LogP contribution in [0.1, 0.15) is 5.56 Å². The topological polar surface area (TPSA) is 43.1 Å². The van der Waals surface area contributed by atoms with Gasteiger partial charge in [0.05, 0.1) is 22.9 Å². The van der Waals surface area contributed by atoms with E-state index in [1.54, 1.807) is 6.21 Å². The van der Waals surface area contributed by atoms with Gasteiger partial charge >= 0.3 is 0 Å². The summed E-state index contributed by atoms with van der Waals surface area (Å²) in [5.41, 5.74) is 6.20. The Balaban J connectivity index is 1.73. The molecular weight excluding hydrogens is 368 g/mol. The van der Waals surface area contributed by atoms with Crippen LogP contribution in [0.25, 0.3) is 33.5 Å². The second-order valence-corrected chi connectivity index (χ2v) is 6.86. The van der Waals surface area contributed by atoms with Crippen molar-refractivity contribution in [1.82, 2.24) is 14.6 Å². The summed E-state index contributed by atoms with van der Waals surface area (Å²) in [6.45, 7) is 0. The number of rotatable bonds is 3. The molecule has 134 valence electrons. The zero-order valence-corrected chi connectivity index (χ0v) is 15.6. The average molecular weight is 383 g/mol. The fourth-order valence-electron chi connectivity index (χ4n) is 3.17. The third kappa shape index (κ3) is 3.04. The number of hydrogen-bond acceptors (Lipinski definition) is 3. The fraction of sp³-hybridized carbons (Fsp3) is 0. The highest BCUT2D eigenvalue weighted by Gasteiger charge is 2.13. The predicted octanol–water partition coefficient (Wildman–Crippen LogP) is 5.79. The second-order valence-electron chi connectivity index (χ2n) is 6.42. The molecule has 0 atom stereocenters. The van der Waals surface area contributed by atoms with Gasteiger partial charge in [-0.05, 0) is 35.9 Å². The van der Waals surface area contributed by atoms with Crippen molar-refractivity contribution in [2.75, 3.05) is 0 Å². The minimum atomic E-state index is 0.700. The van der Waals surface area contributed by atoms with E-state index in [9.17, 15) is 0 Å². The Morgan fingerprint density at radius 3 is 2.18 bits per heavy atom. The standard InChI is InChI=1S/C23H15ClN4/c24-18-12-10-16(11-13-18)15-25-28-22(17-6-2-1-3-7-17)14-21-23(28)27-20-9-5-4-8-19(20)26-21/h1-15H/b25-15+. The maximum absolute atomic E-state index is 5.98. The smallest absolute Gasteiger partial charge is 0.180 e. The molecule has 0 spiro atoms. The van der Waals surface area contributed by atoms with Crippen LogP contribution in [0.5, 0.6) is 0 Å². The highest BCUT2D eigenvalue weighted by atomic mass is 35.5. The normalized spacial score (nSPS) is 11.6. The molecule has 3 aromatic carbocycles. The van der Waals surface area contributed by atoms with E-state index in [1.807, 2.05) is 77.5 Å². The van der Waals surface area contributed by atoms with E-state index in [0.29, 0.717) is 5.02 Å². The monoisotopic (exact) mass is 382 g/mol. The summed E-state index contributed by atoms with van der Waals surface area (Å²) in [6.07, 6.45) is 1.80. The van der Waals surface area contributed by atoms with E-state index < -0.39 is 0 Å². The molecule has 0 saturated heterocycles. The molecule has 0 amide bonds. The van der Waals surface area contributed by atoms with Crippen molar-refractivity contribution < 1.29 is 0 Å². The van der Waals surface area contributed by atoms with Gasteiger partial charge in [-0.25, -0.2) is 14.6 Å². The van der Waals surface area contributed by atoms with Crippen LogP contribution >= 0.6 is 11.6 Å². The summed E-state index contributed by atoms with van der Waals surface area (Å²) in [5, 5.41) is 5.42. The van der Waals surface area contributed by atoms with Gasteiger partial charge in [0, 0.05) is 10.6 Å². The Labute approximate surface area is 166 Å². The zero-order valence-electron chi connectivity index (χ0n) is 14.8. The molecule has 5 rings (SSSR count). The molecule has 2 heterocycles. The Hall–Kier alpha value is -3.50. The van der Waals surface area contributed by atoms with Gasteiger partial charge in [0.1, 0.15) is 5.52 Å². The molecule has 0 aliphatic rings. The largest absolute Gasteiger partial charge is 0.243 e. The Bertz CT molecular complexity index is 1310. The van der Waals surface area contributed by atoms with E-state index in [0.717, 1.165) is 39.0 Å². The average Bonchev–Trinajstić information content (AvgIpc) is 3.09. The first-order valence-electron chi connectivity index (χ1n) is 8.91.